The van der Waals surface area contributed by atoms with Crippen molar-refractivity contribution >= 4 is 12.3 Å². The summed E-state index contributed by atoms with van der Waals surface area (Å²) in [5, 5.41) is 2.30. The first kappa shape index (κ1) is 9.90. The first-order valence-corrected chi connectivity index (χ1v) is 3.23. The van der Waals surface area contributed by atoms with Crippen molar-refractivity contribution in [2.24, 2.45) is 5.73 Å². The fraction of sp³-hybridized carbons (Fsp3) is 0.667. The number of carbonyl (C=O) groups is 2. The van der Waals surface area contributed by atoms with E-state index in [1.165, 1.54) is 0 Å². The van der Waals surface area contributed by atoms with Crippen LogP contribution in [0.2, 0.25) is 0 Å². The Labute approximate surface area is 64.9 Å². The standard InChI is InChI=1S/C6H12N2O3/c1-5(2-6(7)10)11-4-8-3-9/h3,5H,2,4H2,1H3,(H2,7,10)(H,8,9). The van der Waals surface area contributed by atoms with Crippen LogP contribution in [0, 0.1) is 0 Å². The Bertz CT molecular complexity index is 138. The van der Waals surface area contributed by atoms with Gasteiger partial charge in [-0.05, 0) is 6.92 Å². The van der Waals surface area contributed by atoms with Crippen LogP contribution in [0.3, 0.4) is 0 Å². The predicted octanol–water partition coefficient (Wildman–Crippen LogP) is -1.03. The fourth-order valence-electron chi connectivity index (χ4n) is 0.567. The van der Waals surface area contributed by atoms with Gasteiger partial charge in [0.2, 0.25) is 12.3 Å². The van der Waals surface area contributed by atoms with Gasteiger partial charge in [0.25, 0.3) is 0 Å². The number of nitrogens with one attached hydrogen (secondary N) is 1. The summed E-state index contributed by atoms with van der Waals surface area (Å²) in [6.45, 7) is 1.81. The van der Waals surface area contributed by atoms with E-state index in [-0.39, 0.29) is 19.3 Å². The van der Waals surface area contributed by atoms with Crippen molar-refractivity contribution in [2.45, 2.75) is 19.4 Å². The first-order valence-electron chi connectivity index (χ1n) is 3.23. The van der Waals surface area contributed by atoms with Gasteiger partial charge < -0.3 is 15.8 Å². The van der Waals surface area contributed by atoms with Crippen molar-refractivity contribution in [1.82, 2.24) is 5.32 Å². The molecule has 0 spiro atoms. The number of ether oxygens (including phenoxy) is 1. The van der Waals surface area contributed by atoms with Gasteiger partial charge in [-0.25, -0.2) is 0 Å². The highest BCUT2D eigenvalue weighted by atomic mass is 16.5. The second-order valence-electron chi connectivity index (χ2n) is 2.11. The van der Waals surface area contributed by atoms with Gasteiger partial charge in [0, 0.05) is 0 Å². The average Bonchev–Trinajstić information content (AvgIpc) is 1.86. The van der Waals surface area contributed by atoms with Crippen LogP contribution in [0.25, 0.3) is 0 Å². The molecule has 0 aliphatic carbocycles. The van der Waals surface area contributed by atoms with E-state index in [0.717, 1.165) is 0 Å². The molecule has 0 radical (unpaired) electrons. The minimum Gasteiger partial charge on any atom is -0.370 e. The number of primary amides is 1. The highest BCUT2D eigenvalue weighted by Gasteiger charge is 2.04. The van der Waals surface area contributed by atoms with Crippen LogP contribution in [0.5, 0.6) is 0 Å². The van der Waals surface area contributed by atoms with Crippen LogP contribution < -0.4 is 11.1 Å². The molecule has 0 heterocycles. The van der Waals surface area contributed by atoms with Crippen molar-refractivity contribution in [3.8, 4) is 0 Å². The molecule has 1 unspecified atom stereocenters. The van der Waals surface area contributed by atoms with Crippen molar-refractivity contribution in [1.29, 1.82) is 0 Å². The van der Waals surface area contributed by atoms with Crippen LogP contribution in [-0.4, -0.2) is 25.2 Å². The molecular formula is C6H12N2O3. The Morgan fingerprint density at radius 3 is 2.91 bits per heavy atom. The Balaban J connectivity index is 3.28. The smallest absolute Gasteiger partial charge is 0.220 e. The van der Waals surface area contributed by atoms with E-state index in [4.69, 9.17) is 10.5 Å². The van der Waals surface area contributed by atoms with Gasteiger partial charge in [-0.2, -0.15) is 0 Å². The molecule has 5 heteroatoms. The summed E-state index contributed by atoms with van der Waals surface area (Å²) >= 11 is 0. The lowest BCUT2D eigenvalue weighted by atomic mass is 10.3. The number of nitrogens with two attached hydrogens (primary N) is 1. The highest BCUT2D eigenvalue weighted by Crippen LogP contribution is 1.93. The highest BCUT2D eigenvalue weighted by molar-refractivity contribution is 5.74. The lowest BCUT2D eigenvalue weighted by Gasteiger charge is -2.09. The van der Waals surface area contributed by atoms with Crippen LogP contribution >= 0.6 is 0 Å². The summed E-state index contributed by atoms with van der Waals surface area (Å²) in [6.07, 6.45) is 0.442. The second kappa shape index (κ2) is 5.67. The van der Waals surface area contributed by atoms with Crippen LogP contribution in [0.15, 0.2) is 0 Å². The van der Waals surface area contributed by atoms with E-state index in [0.29, 0.717) is 6.41 Å². The Morgan fingerprint density at radius 2 is 2.45 bits per heavy atom. The lowest BCUT2D eigenvalue weighted by Crippen LogP contribution is -2.24. The summed E-state index contributed by atoms with van der Waals surface area (Å²) in [5.41, 5.74) is 4.89. The van der Waals surface area contributed by atoms with Crippen LogP contribution in [0.4, 0.5) is 0 Å². The maximum absolute atomic E-state index is 10.3. The van der Waals surface area contributed by atoms with Crippen LogP contribution in [-0.2, 0) is 14.3 Å². The number of hydrogen-bond acceptors (Lipinski definition) is 3. The average molecular weight is 160 g/mol. The minimum atomic E-state index is -0.413. The van der Waals surface area contributed by atoms with Crippen molar-refractivity contribution < 1.29 is 14.3 Å². The fourth-order valence-corrected chi connectivity index (χ4v) is 0.567. The van der Waals surface area contributed by atoms with Crippen LogP contribution in [0.1, 0.15) is 13.3 Å². The zero-order valence-electron chi connectivity index (χ0n) is 6.37. The topological polar surface area (TPSA) is 81.4 Å². The number of hydrogen-bond donors (Lipinski definition) is 2. The lowest BCUT2D eigenvalue weighted by molar-refractivity contribution is -0.120. The number of carbonyl (C=O) groups excluding carboxylic acids is 2. The van der Waals surface area contributed by atoms with E-state index < -0.39 is 5.91 Å². The third kappa shape index (κ3) is 6.79. The predicted molar refractivity (Wildman–Crippen MR) is 38.4 cm³/mol. The van der Waals surface area contributed by atoms with Gasteiger partial charge in [0.15, 0.2) is 0 Å². The van der Waals surface area contributed by atoms with Gasteiger partial charge in [-0.1, -0.05) is 0 Å². The third-order valence-corrected chi connectivity index (χ3v) is 1.02. The van der Waals surface area contributed by atoms with Gasteiger partial charge in [-0.15, -0.1) is 0 Å². The minimum absolute atomic E-state index is 0.109. The molecule has 11 heavy (non-hydrogen) atoms. The molecule has 0 aromatic carbocycles. The van der Waals surface area contributed by atoms with E-state index in [1.54, 1.807) is 6.92 Å². The summed E-state index contributed by atoms with van der Waals surface area (Å²) in [4.78, 5) is 20.0. The van der Waals surface area contributed by atoms with Crippen molar-refractivity contribution in [2.75, 3.05) is 6.73 Å². The third-order valence-electron chi connectivity index (χ3n) is 1.02. The molecule has 0 bridgehead atoms. The van der Waals surface area contributed by atoms with E-state index in [2.05, 4.69) is 5.32 Å². The molecule has 0 fully saturated rings. The maximum atomic E-state index is 10.3. The zero-order chi connectivity index (χ0) is 8.69. The summed E-state index contributed by atoms with van der Waals surface area (Å²) in [5.74, 6) is -0.413. The van der Waals surface area contributed by atoms with E-state index in [9.17, 15) is 9.59 Å². The molecule has 5 nitrogen and oxygen atoms in total. The largest absolute Gasteiger partial charge is 0.370 e. The molecule has 0 aromatic heterocycles. The monoisotopic (exact) mass is 160 g/mol. The normalized spacial score (nSPS) is 12.1. The second-order valence-corrected chi connectivity index (χ2v) is 2.11. The number of rotatable bonds is 6. The zero-order valence-corrected chi connectivity index (χ0v) is 6.37. The molecule has 0 aliphatic rings. The van der Waals surface area contributed by atoms with Gasteiger partial charge in [-0.3, -0.25) is 9.59 Å². The molecule has 3 N–H and O–H groups in total. The molecule has 0 aliphatic heterocycles. The molecule has 2 amide bonds. The Kier molecular flexibility index (Phi) is 5.10. The summed E-state index contributed by atoms with van der Waals surface area (Å²) in [6, 6.07) is 0. The van der Waals surface area contributed by atoms with Gasteiger partial charge in [0.1, 0.15) is 6.73 Å². The van der Waals surface area contributed by atoms with E-state index in [1.807, 2.05) is 0 Å². The molecule has 1 atom stereocenters. The summed E-state index contributed by atoms with van der Waals surface area (Å²) in [7, 11) is 0. The molecule has 0 rings (SSSR count). The van der Waals surface area contributed by atoms with E-state index >= 15 is 0 Å². The Hall–Kier alpha value is -1.10. The summed E-state index contributed by atoms with van der Waals surface area (Å²) < 4.78 is 4.95. The first-order chi connectivity index (χ1) is 5.16. The molecule has 0 aromatic rings. The SMILES string of the molecule is CC(CC(N)=O)OCNC=O. The maximum Gasteiger partial charge on any atom is 0.220 e. The van der Waals surface area contributed by atoms with Crippen molar-refractivity contribution in [3.05, 3.63) is 0 Å². The van der Waals surface area contributed by atoms with Gasteiger partial charge in [0.05, 0.1) is 12.5 Å². The molecule has 64 valence electrons. The quantitative estimate of drug-likeness (QED) is 0.296. The molecular weight excluding hydrogens is 148 g/mol. The Morgan fingerprint density at radius 1 is 1.82 bits per heavy atom. The van der Waals surface area contributed by atoms with Gasteiger partial charge >= 0.3 is 0 Å². The number of amides is 2. The molecule has 0 saturated carbocycles. The van der Waals surface area contributed by atoms with Crippen molar-refractivity contribution in [3.63, 3.8) is 0 Å². The molecule has 0 saturated heterocycles.